The molecular weight excluding hydrogens is 611 g/mol. The average molecular weight is 708 g/mol. The first-order chi connectivity index (χ1) is 24.6. The normalized spacial score (nSPS) is 11.3. The molecule has 302 valence electrons. The first-order valence-electron chi connectivity index (χ1n) is 23.5. The number of carboxylic acids is 1. The van der Waals surface area contributed by atoms with Crippen LogP contribution in [0.3, 0.4) is 0 Å². The van der Waals surface area contributed by atoms with Crippen molar-refractivity contribution in [3.63, 3.8) is 0 Å². The summed E-state index contributed by atoms with van der Waals surface area (Å²) < 4.78 is 0. The van der Waals surface area contributed by atoms with Crippen LogP contribution in [-0.4, -0.2) is 36.1 Å². The third-order valence-electron chi connectivity index (χ3n) is 10.8. The second-order valence-electron chi connectivity index (χ2n) is 16.2. The predicted molar refractivity (Wildman–Crippen MR) is 227 cm³/mol. The van der Waals surface area contributed by atoms with E-state index >= 15 is 0 Å². The number of nitrogens with zero attached hydrogens (tertiary/aromatic N) is 1. The highest BCUT2D eigenvalue weighted by atomic mass is 16.4. The van der Waals surface area contributed by atoms with Gasteiger partial charge in [0.15, 0.2) is 0 Å². The fourth-order valence-electron chi connectivity index (χ4n) is 7.20. The van der Waals surface area contributed by atoms with Gasteiger partial charge in [-0.25, -0.2) is 0 Å². The van der Waals surface area contributed by atoms with Gasteiger partial charge >= 0.3 is 5.97 Å². The molecule has 0 aliphatic rings. The molecule has 1 N–H and O–H groups in total. The van der Waals surface area contributed by atoms with E-state index in [1.165, 1.54) is 251 Å². The third-order valence-corrected chi connectivity index (χ3v) is 10.8. The van der Waals surface area contributed by atoms with Crippen LogP contribution >= 0.6 is 0 Å². The lowest BCUT2D eigenvalue weighted by Gasteiger charge is -2.16. The first-order valence-corrected chi connectivity index (χ1v) is 23.5. The summed E-state index contributed by atoms with van der Waals surface area (Å²) in [7, 11) is 2.33. The number of hydrogen-bond acceptors (Lipinski definition) is 2. The summed E-state index contributed by atoms with van der Waals surface area (Å²) in [5.74, 6) is -0.653. The number of carbonyl (C=O) groups is 1. The van der Waals surface area contributed by atoms with Gasteiger partial charge in [0.25, 0.3) is 0 Å². The molecule has 50 heavy (non-hydrogen) atoms. The van der Waals surface area contributed by atoms with Crippen molar-refractivity contribution in [3.8, 4) is 0 Å². The molecule has 3 nitrogen and oxygen atoms in total. The average Bonchev–Trinajstić information content (AvgIpc) is 3.11. The third kappa shape index (κ3) is 51.8. The highest BCUT2D eigenvalue weighted by Crippen LogP contribution is 2.15. The van der Waals surface area contributed by atoms with Crippen molar-refractivity contribution < 1.29 is 9.90 Å². The van der Waals surface area contributed by atoms with Gasteiger partial charge in [0, 0.05) is 6.42 Å². The van der Waals surface area contributed by atoms with E-state index in [2.05, 4.69) is 32.7 Å². The maximum Gasteiger partial charge on any atom is 0.303 e. The molecule has 0 aliphatic carbocycles. The highest BCUT2D eigenvalue weighted by molar-refractivity contribution is 5.66. The molecule has 0 saturated carbocycles. The first kappa shape index (κ1) is 51.5. The zero-order chi connectivity index (χ0) is 36.9. The van der Waals surface area contributed by atoms with Gasteiger partial charge in [-0.3, -0.25) is 4.79 Å². The Bertz CT molecular complexity index is 566. The van der Waals surface area contributed by atoms with Crippen molar-refractivity contribution in [1.29, 1.82) is 0 Å². The largest absolute Gasteiger partial charge is 0.481 e. The number of unbranched alkanes of at least 4 members (excludes halogenated alkanes) is 36. The van der Waals surface area contributed by atoms with Gasteiger partial charge in [0.05, 0.1) is 0 Å². The Morgan fingerprint density at radius 1 is 0.320 bits per heavy atom. The maximum absolute atomic E-state index is 10.3. The molecule has 3 heteroatoms. The number of rotatable bonds is 42. The number of hydrogen-bond donors (Lipinski definition) is 1. The molecule has 0 rings (SSSR count). The molecule has 0 aromatic rings. The molecule has 0 bridgehead atoms. The Balaban J connectivity index is 0. The molecule has 0 spiro atoms. The summed E-state index contributed by atoms with van der Waals surface area (Å²) in [6, 6.07) is 0. The van der Waals surface area contributed by atoms with Crippen LogP contribution in [0.1, 0.15) is 278 Å². The van der Waals surface area contributed by atoms with Crippen LogP contribution in [0.5, 0.6) is 0 Å². The molecule has 0 aliphatic heterocycles. The summed E-state index contributed by atoms with van der Waals surface area (Å²) in [5.41, 5.74) is 0. The van der Waals surface area contributed by atoms with Gasteiger partial charge in [-0.2, -0.15) is 0 Å². The highest BCUT2D eigenvalue weighted by Gasteiger charge is 2.00. The lowest BCUT2D eigenvalue weighted by atomic mass is 10.0. The van der Waals surface area contributed by atoms with Gasteiger partial charge in [0.2, 0.25) is 0 Å². The van der Waals surface area contributed by atoms with Gasteiger partial charge in [0.1, 0.15) is 0 Å². The van der Waals surface area contributed by atoms with E-state index in [4.69, 9.17) is 5.11 Å². The fraction of sp³-hybridized carbons (Fsp3) is 0.979. The Morgan fingerprint density at radius 2 is 0.500 bits per heavy atom. The molecule has 0 amide bonds. The Labute approximate surface area is 317 Å². The lowest BCUT2D eigenvalue weighted by Crippen LogP contribution is -2.20. The van der Waals surface area contributed by atoms with Crippen LogP contribution in [0.2, 0.25) is 0 Å². The summed E-state index contributed by atoms with van der Waals surface area (Å²) in [5, 5.41) is 8.52. The molecule has 0 saturated heterocycles. The molecule has 0 heterocycles. The fourth-order valence-corrected chi connectivity index (χ4v) is 7.20. The Hall–Kier alpha value is -0.570. The molecule has 0 atom stereocenters. The topological polar surface area (TPSA) is 40.5 Å². The Morgan fingerprint density at radius 3 is 0.700 bits per heavy atom. The van der Waals surface area contributed by atoms with Gasteiger partial charge in [-0.15, -0.1) is 0 Å². The van der Waals surface area contributed by atoms with E-state index in [0.717, 1.165) is 12.8 Å². The van der Waals surface area contributed by atoms with Crippen LogP contribution in [0.4, 0.5) is 0 Å². The summed E-state index contributed by atoms with van der Waals surface area (Å²) >= 11 is 0. The van der Waals surface area contributed by atoms with E-state index < -0.39 is 5.97 Å². The minimum atomic E-state index is -0.653. The van der Waals surface area contributed by atoms with Crippen molar-refractivity contribution in [1.82, 2.24) is 4.90 Å². The Kier molecular flexibility index (Phi) is 49.9. The zero-order valence-corrected chi connectivity index (χ0v) is 35.5. The molecule has 0 aromatic carbocycles. The molecule has 0 radical (unpaired) electrons. The van der Waals surface area contributed by atoms with Crippen molar-refractivity contribution >= 4 is 5.97 Å². The van der Waals surface area contributed by atoms with Crippen molar-refractivity contribution in [2.24, 2.45) is 0 Å². The van der Waals surface area contributed by atoms with Crippen molar-refractivity contribution in [3.05, 3.63) is 0 Å². The minimum Gasteiger partial charge on any atom is -0.481 e. The van der Waals surface area contributed by atoms with E-state index in [-0.39, 0.29) is 0 Å². The summed E-state index contributed by atoms with van der Waals surface area (Å²) in [4.78, 5) is 12.9. The summed E-state index contributed by atoms with van der Waals surface area (Å²) in [6.07, 6.45) is 55.1. The van der Waals surface area contributed by atoms with Crippen molar-refractivity contribution in [2.75, 3.05) is 20.1 Å². The molecule has 0 unspecified atom stereocenters. The molecule has 0 fully saturated rings. The predicted octanol–water partition coefficient (Wildman–Crippen LogP) is 16.7. The van der Waals surface area contributed by atoms with E-state index in [1.54, 1.807) is 0 Å². The SMILES string of the molecule is CCCCCCCCCCCCCCCCCC(=O)O.CCCCCCCCCCCCCCN(C)CCCCCCCCCCCCCC. The monoisotopic (exact) mass is 708 g/mol. The number of carboxylic acid groups (broad SMARTS) is 1. The lowest BCUT2D eigenvalue weighted by molar-refractivity contribution is -0.137. The quantitative estimate of drug-likeness (QED) is 0.0642. The number of aliphatic carboxylic acids is 1. The van der Waals surface area contributed by atoms with Gasteiger partial charge in [-0.1, -0.05) is 252 Å². The van der Waals surface area contributed by atoms with E-state index in [9.17, 15) is 4.79 Å². The maximum atomic E-state index is 10.3. The van der Waals surface area contributed by atoms with Gasteiger partial charge in [-0.05, 0) is 39.4 Å². The molecule has 0 aromatic heterocycles. The second-order valence-corrected chi connectivity index (χ2v) is 16.2. The van der Waals surface area contributed by atoms with E-state index in [0.29, 0.717) is 6.42 Å². The smallest absolute Gasteiger partial charge is 0.303 e. The second kappa shape index (κ2) is 48.4. The zero-order valence-electron chi connectivity index (χ0n) is 35.5. The van der Waals surface area contributed by atoms with Crippen LogP contribution in [-0.2, 0) is 4.79 Å². The van der Waals surface area contributed by atoms with Crippen LogP contribution in [0.15, 0.2) is 0 Å². The molecular formula is C47H97NO2. The van der Waals surface area contributed by atoms with Crippen molar-refractivity contribution in [2.45, 2.75) is 278 Å². The van der Waals surface area contributed by atoms with Crippen LogP contribution in [0, 0.1) is 0 Å². The van der Waals surface area contributed by atoms with Gasteiger partial charge < -0.3 is 10.0 Å². The standard InChI is InChI=1S/C29H61N.C18H36O2/c1-4-6-8-10-12-14-16-18-20-22-24-26-28-30(3)29-27-25-23-21-19-17-15-13-11-9-7-5-2;1-2-3-4-5-6-7-8-9-10-11-12-13-14-15-16-17-18(19)20/h4-29H2,1-3H3;2-17H2,1H3,(H,19,20). The van der Waals surface area contributed by atoms with Crippen LogP contribution in [0.25, 0.3) is 0 Å². The van der Waals surface area contributed by atoms with E-state index in [1.807, 2.05) is 0 Å². The van der Waals surface area contributed by atoms with Crippen LogP contribution < -0.4 is 0 Å². The summed E-state index contributed by atoms with van der Waals surface area (Å²) in [6.45, 7) is 9.51. The minimum absolute atomic E-state index is 0.345.